The number of likely N-dealkylation sites (N-methyl/N-ethyl adjacent to an activating group) is 1. The Balaban J connectivity index is 3.98. The van der Waals surface area contributed by atoms with E-state index in [1.54, 1.807) is 0 Å². The largest absolute Gasteiger partial charge is 0.468 e. The first-order chi connectivity index (χ1) is 6.17. The Morgan fingerprint density at radius 3 is 2.62 bits per heavy atom. The molecule has 0 amide bonds. The third kappa shape index (κ3) is 4.24. The predicted octanol–water partition coefficient (Wildman–Crippen LogP) is 0.219. The van der Waals surface area contributed by atoms with Gasteiger partial charge in [0.15, 0.2) is 0 Å². The van der Waals surface area contributed by atoms with E-state index in [0.717, 1.165) is 19.4 Å². The number of carbonyl (C=O) groups excluding carboxylic acids is 1. The van der Waals surface area contributed by atoms with Crippen LogP contribution in [0.2, 0.25) is 0 Å². The SMILES string of the molecule is CCCCN(C)C(CN)C(=O)OC. The second-order valence-corrected chi connectivity index (χ2v) is 3.11. The number of esters is 1. The molecule has 0 heterocycles. The molecule has 0 aliphatic carbocycles. The Bertz CT molecular complexity index is 151. The summed E-state index contributed by atoms with van der Waals surface area (Å²) in [7, 11) is 3.28. The van der Waals surface area contributed by atoms with Crippen LogP contribution < -0.4 is 5.73 Å². The number of carbonyl (C=O) groups is 1. The van der Waals surface area contributed by atoms with Crippen LogP contribution in [0.5, 0.6) is 0 Å². The van der Waals surface area contributed by atoms with Gasteiger partial charge in [-0.3, -0.25) is 9.69 Å². The molecular weight excluding hydrogens is 168 g/mol. The lowest BCUT2D eigenvalue weighted by atomic mass is 10.2. The second-order valence-electron chi connectivity index (χ2n) is 3.11. The van der Waals surface area contributed by atoms with Crippen LogP contribution in [-0.4, -0.2) is 44.2 Å². The third-order valence-corrected chi connectivity index (χ3v) is 2.09. The highest BCUT2D eigenvalue weighted by Gasteiger charge is 2.21. The summed E-state index contributed by atoms with van der Waals surface area (Å²) in [6, 6.07) is -0.295. The first-order valence-electron chi connectivity index (χ1n) is 4.65. The van der Waals surface area contributed by atoms with Crippen LogP contribution >= 0.6 is 0 Å². The predicted molar refractivity (Wildman–Crippen MR) is 52.4 cm³/mol. The van der Waals surface area contributed by atoms with Gasteiger partial charge < -0.3 is 10.5 Å². The average molecular weight is 188 g/mol. The Labute approximate surface area is 80.0 Å². The summed E-state index contributed by atoms with van der Waals surface area (Å²) in [5.74, 6) is -0.249. The summed E-state index contributed by atoms with van der Waals surface area (Å²) >= 11 is 0. The lowest BCUT2D eigenvalue weighted by molar-refractivity contribution is -0.146. The number of methoxy groups -OCH3 is 1. The van der Waals surface area contributed by atoms with Crippen molar-refractivity contribution in [3.63, 3.8) is 0 Å². The van der Waals surface area contributed by atoms with Gasteiger partial charge in [-0.25, -0.2) is 0 Å². The lowest BCUT2D eigenvalue weighted by Gasteiger charge is -2.24. The van der Waals surface area contributed by atoms with E-state index in [4.69, 9.17) is 5.73 Å². The van der Waals surface area contributed by atoms with Gasteiger partial charge in [-0.05, 0) is 20.0 Å². The number of hydrogen-bond donors (Lipinski definition) is 1. The van der Waals surface area contributed by atoms with Crippen LogP contribution in [-0.2, 0) is 9.53 Å². The highest BCUT2D eigenvalue weighted by molar-refractivity contribution is 5.75. The summed E-state index contributed by atoms with van der Waals surface area (Å²) < 4.78 is 4.64. The van der Waals surface area contributed by atoms with Crippen molar-refractivity contribution in [2.45, 2.75) is 25.8 Å². The fourth-order valence-electron chi connectivity index (χ4n) is 1.16. The molecule has 4 heteroatoms. The highest BCUT2D eigenvalue weighted by Crippen LogP contribution is 2.00. The minimum atomic E-state index is -0.295. The van der Waals surface area contributed by atoms with E-state index in [-0.39, 0.29) is 12.0 Å². The number of rotatable bonds is 6. The van der Waals surface area contributed by atoms with Crippen LogP contribution in [0.1, 0.15) is 19.8 Å². The molecule has 0 rings (SSSR count). The van der Waals surface area contributed by atoms with Gasteiger partial charge in [0.2, 0.25) is 0 Å². The van der Waals surface area contributed by atoms with Crippen LogP contribution in [0.25, 0.3) is 0 Å². The van der Waals surface area contributed by atoms with Crippen molar-refractivity contribution in [1.29, 1.82) is 0 Å². The quantitative estimate of drug-likeness (QED) is 0.606. The molecule has 2 N–H and O–H groups in total. The van der Waals surface area contributed by atoms with E-state index in [1.165, 1.54) is 7.11 Å². The van der Waals surface area contributed by atoms with Gasteiger partial charge in [0.1, 0.15) is 6.04 Å². The molecule has 78 valence electrons. The smallest absolute Gasteiger partial charge is 0.324 e. The molecule has 0 aliphatic heterocycles. The van der Waals surface area contributed by atoms with Crippen LogP contribution in [0.4, 0.5) is 0 Å². The summed E-state index contributed by atoms with van der Waals surface area (Å²) in [6.07, 6.45) is 2.19. The molecule has 1 atom stereocenters. The van der Waals surface area contributed by atoms with Gasteiger partial charge in [-0.1, -0.05) is 13.3 Å². The van der Waals surface area contributed by atoms with E-state index < -0.39 is 0 Å². The Hall–Kier alpha value is -0.610. The highest BCUT2D eigenvalue weighted by atomic mass is 16.5. The number of nitrogens with zero attached hydrogens (tertiary/aromatic N) is 1. The molecule has 0 saturated carbocycles. The Morgan fingerprint density at radius 1 is 1.62 bits per heavy atom. The minimum absolute atomic E-state index is 0.249. The Kier molecular flexibility index (Phi) is 6.54. The maximum absolute atomic E-state index is 11.2. The van der Waals surface area contributed by atoms with Crippen molar-refractivity contribution in [3.05, 3.63) is 0 Å². The van der Waals surface area contributed by atoms with Gasteiger partial charge >= 0.3 is 5.97 Å². The fraction of sp³-hybridized carbons (Fsp3) is 0.889. The third-order valence-electron chi connectivity index (χ3n) is 2.09. The molecule has 0 aliphatic rings. The normalized spacial score (nSPS) is 13.0. The van der Waals surface area contributed by atoms with Crippen molar-refractivity contribution in [2.75, 3.05) is 27.2 Å². The zero-order chi connectivity index (χ0) is 10.3. The number of hydrogen-bond acceptors (Lipinski definition) is 4. The van der Waals surface area contributed by atoms with E-state index >= 15 is 0 Å². The van der Waals surface area contributed by atoms with Gasteiger partial charge in [0, 0.05) is 6.54 Å². The molecule has 0 aromatic carbocycles. The fourth-order valence-corrected chi connectivity index (χ4v) is 1.16. The molecule has 0 radical (unpaired) electrons. The van der Waals surface area contributed by atoms with Gasteiger partial charge in [-0.15, -0.1) is 0 Å². The van der Waals surface area contributed by atoms with E-state index in [0.29, 0.717) is 6.54 Å². The first kappa shape index (κ1) is 12.4. The number of unbranched alkanes of at least 4 members (excludes halogenated alkanes) is 1. The minimum Gasteiger partial charge on any atom is -0.468 e. The maximum atomic E-state index is 11.2. The molecule has 0 fully saturated rings. The summed E-state index contributed by atoms with van der Waals surface area (Å²) in [6.45, 7) is 3.31. The summed E-state index contributed by atoms with van der Waals surface area (Å²) in [5, 5.41) is 0. The van der Waals surface area contributed by atoms with Crippen molar-refractivity contribution in [3.8, 4) is 0 Å². The standard InChI is InChI=1S/C9H20N2O2/c1-4-5-6-11(2)8(7-10)9(12)13-3/h8H,4-7,10H2,1-3H3. The molecule has 4 nitrogen and oxygen atoms in total. The van der Waals surface area contributed by atoms with Crippen LogP contribution in [0.15, 0.2) is 0 Å². The number of nitrogens with two attached hydrogens (primary N) is 1. The average Bonchev–Trinajstić information content (AvgIpc) is 2.15. The van der Waals surface area contributed by atoms with E-state index in [9.17, 15) is 4.79 Å². The van der Waals surface area contributed by atoms with Gasteiger partial charge in [-0.2, -0.15) is 0 Å². The molecular formula is C9H20N2O2. The maximum Gasteiger partial charge on any atom is 0.324 e. The van der Waals surface area contributed by atoms with Crippen molar-refractivity contribution >= 4 is 5.97 Å². The van der Waals surface area contributed by atoms with Gasteiger partial charge in [0.05, 0.1) is 7.11 Å². The monoisotopic (exact) mass is 188 g/mol. The topological polar surface area (TPSA) is 55.6 Å². The molecule has 0 aromatic heterocycles. The van der Waals surface area contributed by atoms with E-state index in [2.05, 4.69) is 11.7 Å². The van der Waals surface area contributed by atoms with Crippen molar-refractivity contribution in [1.82, 2.24) is 4.90 Å². The molecule has 0 spiro atoms. The molecule has 0 aromatic rings. The van der Waals surface area contributed by atoms with Crippen LogP contribution in [0, 0.1) is 0 Å². The molecule has 1 unspecified atom stereocenters. The van der Waals surface area contributed by atoms with Gasteiger partial charge in [0.25, 0.3) is 0 Å². The Morgan fingerprint density at radius 2 is 2.23 bits per heavy atom. The lowest BCUT2D eigenvalue weighted by Crippen LogP contribution is -2.44. The molecule has 0 saturated heterocycles. The molecule has 0 bridgehead atoms. The second kappa shape index (κ2) is 6.86. The van der Waals surface area contributed by atoms with Crippen LogP contribution in [0.3, 0.4) is 0 Å². The zero-order valence-corrected chi connectivity index (χ0v) is 8.75. The van der Waals surface area contributed by atoms with E-state index in [1.807, 2.05) is 11.9 Å². The summed E-state index contributed by atoms with van der Waals surface area (Å²) in [4.78, 5) is 13.1. The van der Waals surface area contributed by atoms with Crippen molar-refractivity contribution in [2.24, 2.45) is 5.73 Å². The summed E-state index contributed by atoms with van der Waals surface area (Å²) in [5.41, 5.74) is 5.48. The molecule has 13 heavy (non-hydrogen) atoms. The zero-order valence-electron chi connectivity index (χ0n) is 8.75. The number of ether oxygens (including phenoxy) is 1. The first-order valence-corrected chi connectivity index (χ1v) is 4.65. The van der Waals surface area contributed by atoms with Crippen molar-refractivity contribution < 1.29 is 9.53 Å².